The molecule has 0 aliphatic rings. The SMILES string of the molecule is C[C@@H](NC(=O)NCc1cccs1)c1ccc(F)cc1. The molecule has 1 aromatic heterocycles. The Hall–Kier alpha value is -1.88. The van der Waals surface area contributed by atoms with E-state index in [4.69, 9.17) is 0 Å². The maximum atomic E-state index is 12.8. The monoisotopic (exact) mass is 278 g/mol. The molecule has 2 amide bonds. The van der Waals surface area contributed by atoms with E-state index in [1.165, 1.54) is 12.1 Å². The normalized spacial score (nSPS) is 11.9. The smallest absolute Gasteiger partial charge is 0.315 e. The molecule has 0 fully saturated rings. The summed E-state index contributed by atoms with van der Waals surface area (Å²) in [4.78, 5) is 12.8. The quantitative estimate of drug-likeness (QED) is 0.883. The highest BCUT2D eigenvalue weighted by molar-refractivity contribution is 7.09. The van der Waals surface area contributed by atoms with Gasteiger partial charge in [-0.05, 0) is 36.1 Å². The number of amides is 2. The Morgan fingerprint density at radius 3 is 2.68 bits per heavy atom. The topological polar surface area (TPSA) is 41.1 Å². The van der Waals surface area contributed by atoms with Crippen molar-refractivity contribution in [3.8, 4) is 0 Å². The van der Waals surface area contributed by atoms with Crippen molar-refractivity contribution in [2.45, 2.75) is 19.5 Å². The zero-order valence-corrected chi connectivity index (χ0v) is 11.3. The summed E-state index contributed by atoms with van der Waals surface area (Å²) >= 11 is 1.60. The Kier molecular flexibility index (Phi) is 4.52. The van der Waals surface area contributed by atoms with Crippen molar-refractivity contribution >= 4 is 17.4 Å². The summed E-state index contributed by atoms with van der Waals surface area (Å²) in [6.07, 6.45) is 0. The molecule has 0 saturated heterocycles. The van der Waals surface area contributed by atoms with Crippen molar-refractivity contribution in [1.29, 1.82) is 0 Å². The predicted octanol–water partition coefficient (Wildman–Crippen LogP) is 3.45. The van der Waals surface area contributed by atoms with Gasteiger partial charge in [-0.15, -0.1) is 11.3 Å². The first-order chi connectivity index (χ1) is 9.15. The van der Waals surface area contributed by atoms with Gasteiger partial charge in [-0.25, -0.2) is 9.18 Å². The van der Waals surface area contributed by atoms with Crippen molar-refractivity contribution in [1.82, 2.24) is 10.6 Å². The number of halogens is 1. The highest BCUT2D eigenvalue weighted by Crippen LogP contribution is 2.12. The number of benzene rings is 1. The van der Waals surface area contributed by atoms with Crippen LogP contribution in [0.15, 0.2) is 41.8 Å². The van der Waals surface area contributed by atoms with Crippen LogP contribution in [0.4, 0.5) is 9.18 Å². The average molecular weight is 278 g/mol. The zero-order chi connectivity index (χ0) is 13.7. The van der Waals surface area contributed by atoms with E-state index in [-0.39, 0.29) is 17.9 Å². The summed E-state index contributed by atoms with van der Waals surface area (Å²) in [5, 5.41) is 7.56. The molecular weight excluding hydrogens is 263 g/mol. The van der Waals surface area contributed by atoms with E-state index in [1.54, 1.807) is 23.5 Å². The van der Waals surface area contributed by atoms with Gasteiger partial charge in [0, 0.05) is 4.88 Å². The molecular formula is C14H15FN2OS. The minimum atomic E-state index is -0.280. The Labute approximate surface area is 115 Å². The average Bonchev–Trinajstić information content (AvgIpc) is 2.90. The minimum absolute atomic E-state index is 0.163. The van der Waals surface area contributed by atoms with Crippen LogP contribution in [0, 0.1) is 5.82 Å². The fourth-order valence-corrected chi connectivity index (χ4v) is 2.31. The van der Waals surface area contributed by atoms with Gasteiger partial charge in [0.15, 0.2) is 0 Å². The van der Waals surface area contributed by atoms with Crippen LogP contribution in [-0.2, 0) is 6.54 Å². The van der Waals surface area contributed by atoms with Gasteiger partial charge in [-0.3, -0.25) is 0 Å². The number of hydrogen-bond donors (Lipinski definition) is 2. The highest BCUT2D eigenvalue weighted by Gasteiger charge is 2.09. The van der Waals surface area contributed by atoms with Crippen LogP contribution in [0.25, 0.3) is 0 Å². The number of thiophene rings is 1. The van der Waals surface area contributed by atoms with Crippen molar-refractivity contribution in [3.05, 3.63) is 58.0 Å². The number of carbonyl (C=O) groups is 1. The number of nitrogens with one attached hydrogen (secondary N) is 2. The Balaban J connectivity index is 1.83. The maximum absolute atomic E-state index is 12.8. The first-order valence-corrected chi connectivity index (χ1v) is 6.85. The third-order valence-electron chi connectivity index (χ3n) is 2.72. The molecule has 0 aliphatic heterocycles. The lowest BCUT2D eigenvalue weighted by Gasteiger charge is -2.14. The molecule has 1 heterocycles. The molecule has 2 N–H and O–H groups in total. The van der Waals surface area contributed by atoms with Crippen molar-refractivity contribution in [2.24, 2.45) is 0 Å². The zero-order valence-electron chi connectivity index (χ0n) is 10.5. The van der Waals surface area contributed by atoms with Crippen molar-refractivity contribution in [3.63, 3.8) is 0 Å². The van der Waals surface area contributed by atoms with Crippen LogP contribution in [0.5, 0.6) is 0 Å². The summed E-state index contributed by atoms with van der Waals surface area (Å²) in [5.41, 5.74) is 0.868. The molecule has 19 heavy (non-hydrogen) atoms. The van der Waals surface area contributed by atoms with Crippen LogP contribution in [0.2, 0.25) is 0 Å². The van der Waals surface area contributed by atoms with Gasteiger partial charge in [0.1, 0.15) is 5.82 Å². The minimum Gasteiger partial charge on any atom is -0.333 e. The molecule has 1 atom stereocenters. The lowest BCUT2D eigenvalue weighted by Crippen LogP contribution is -2.36. The first kappa shape index (κ1) is 13.5. The second kappa shape index (κ2) is 6.33. The molecule has 2 aromatic rings. The third kappa shape index (κ3) is 4.06. The van der Waals surface area contributed by atoms with Gasteiger partial charge in [-0.1, -0.05) is 18.2 Å². The second-order valence-corrected chi connectivity index (χ2v) is 5.21. The maximum Gasteiger partial charge on any atom is 0.315 e. The molecule has 0 bridgehead atoms. The molecule has 1 aromatic carbocycles. The third-order valence-corrected chi connectivity index (χ3v) is 3.60. The summed E-state index contributed by atoms with van der Waals surface area (Å²) in [6.45, 7) is 2.37. The molecule has 100 valence electrons. The molecule has 0 unspecified atom stereocenters. The number of hydrogen-bond acceptors (Lipinski definition) is 2. The summed E-state index contributed by atoms with van der Waals surface area (Å²) in [6, 6.07) is 9.62. The molecule has 0 saturated carbocycles. The lowest BCUT2D eigenvalue weighted by atomic mass is 10.1. The van der Waals surface area contributed by atoms with Gasteiger partial charge in [0.25, 0.3) is 0 Å². The standard InChI is InChI=1S/C14H15FN2OS/c1-10(11-4-6-12(15)7-5-11)17-14(18)16-9-13-3-2-8-19-13/h2-8,10H,9H2,1H3,(H2,16,17,18)/t10-/m1/s1. The largest absolute Gasteiger partial charge is 0.333 e. The van der Waals surface area contributed by atoms with Gasteiger partial charge < -0.3 is 10.6 Å². The molecule has 0 spiro atoms. The molecule has 3 nitrogen and oxygen atoms in total. The van der Waals surface area contributed by atoms with Crippen LogP contribution in [0.3, 0.4) is 0 Å². The van der Waals surface area contributed by atoms with E-state index < -0.39 is 0 Å². The summed E-state index contributed by atoms with van der Waals surface area (Å²) in [5.74, 6) is -0.280. The lowest BCUT2D eigenvalue weighted by molar-refractivity contribution is 0.237. The first-order valence-electron chi connectivity index (χ1n) is 5.97. The summed E-state index contributed by atoms with van der Waals surface area (Å²) in [7, 11) is 0. The van der Waals surface area contributed by atoms with Crippen LogP contribution in [0.1, 0.15) is 23.4 Å². The Morgan fingerprint density at radius 1 is 1.32 bits per heavy atom. The van der Waals surface area contributed by atoms with E-state index in [1.807, 2.05) is 24.4 Å². The van der Waals surface area contributed by atoms with Gasteiger partial charge >= 0.3 is 6.03 Å². The van der Waals surface area contributed by atoms with E-state index in [0.717, 1.165) is 10.4 Å². The number of urea groups is 1. The van der Waals surface area contributed by atoms with Crippen LogP contribution in [-0.4, -0.2) is 6.03 Å². The number of carbonyl (C=O) groups excluding carboxylic acids is 1. The fourth-order valence-electron chi connectivity index (χ4n) is 1.66. The molecule has 2 rings (SSSR count). The van der Waals surface area contributed by atoms with Gasteiger partial charge in [0.05, 0.1) is 12.6 Å². The molecule has 5 heteroatoms. The van der Waals surface area contributed by atoms with Gasteiger partial charge in [0.2, 0.25) is 0 Å². The number of rotatable bonds is 4. The van der Waals surface area contributed by atoms with E-state index in [0.29, 0.717) is 6.54 Å². The second-order valence-electron chi connectivity index (χ2n) is 4.18. The van der Waals surface area contributed by atoms with E-state index >= 15 is 0 Å². The summed E-state index contributed by atoms with van der Waals surface area (Å²) < 4.78 is 12.8. The van der Waals surface area contributed by atoms with Crippen molar-refractivity contribution in [2.75, 3.05) is 0 Å². The van der Waals surface area contributed by atoms with E-state index in [2.05, 4.69) is 10.6 Å². The molecule has 0 aliphatic carbocycles. The molecule has 0 radical (unpaired) electrons. The van der Waals surface area contributed by atoms with E-state index in [9.17, 15) is 9.18 Å². The fraction of sp³-hybridized carbons (Fsp3) is 0.214. The van der Waals surface area contributed by atoms with Gasteiger partial charge in [-0.2, -0.15) is 0 Å². The predicted molar refractivity (Wildman–Crippen MR) is 74.5 cm³/mol. The van der Waals surface area contributed by atoms with Crippen molar-refractivity contribution < 1.29 is 9.18 Å². The highest BCUT2D eigenvalue weighted by atomic mass is 32.1. The van der Waals surface area contributed by atoms with Crippen LogP contribution >= 0.6 is 11.3 Å². The Morgan fingerprint density at radius 2 is 2.05 bits per heavy atom. The van der Waals surface area contributed by atoms with Crippen LogP contribution < -0.4 is 10.6 Å². The Bertz CT molecular complexity index is 525.